The number of thiophene rings is 1. The molecule has 1 atom stereocenters. The Morgan fingerprint density at radius 3 is 3.05 bits per heavy atom. The van der Waals surface area contributed by atoms with E-state index in [2.05, 4.69) is 35.3 Å². The Morgan fingerprint density at radius 1 is 1.50 bits per heavy atom. The summed E-state index contributed by atoms with van der Waals surface area (Å²) in [4.78, 5) is 3.92. The monoisotopic (exact) mass is 290 g/mol. The van der Waals surface area contributed by atoms with E-state index in [1.54, 1.807) is 0 Å². The third-order valence-electron chi connectivity index (χ3n) is 4.17. The van der Waals surface area contributed by atoms with Gasteiger partial charge in [0.15, 0.2) is 5.82 Å². The van der Waals surface area contributed by atoms with E-state index in [0.29, 0.717) is 6.04 Å². The number of nitrogens with two attached hydrogens (primary N) is 1. The summed E-state index contributed by atoms with van der Waals surface area (Å²) in [6.45, 7) is 5.44. The number of nitrogen functional groups attached to an aromatic ring is 1. The van der Waals surface area contributed by atoms with Crippen LogP contribution in [-0.4, -0.2) is 16.3 Å². The summed E-state index contributed by atoms with van der Waals surface area (Å²) in [5.74, 6) is 1.08. The van der Waals surface area contributed by atoms with Crippen LogP contribution in [0.5, 0.6) is 0 Å². The van der Waals surface area contributed by atoms with Crippen molar-refractivity contribution in [3.05, 3.63) is 27.6 Å². The lowest BCUT2D eigenvalue weighted by Crippen LogP contribution is -2.34. The molecule has 0 spiro atoms. The Balaban J connectivity index is 1.98. The van der Waals surface area contributed by atoms with E-state index >= 15 is 0 Å². The van der Waals surface area contributed by atoms with Crippen molar-refractivity contribution in [1.29, 1.82) is 0 Å². The van der Waals surface area contributed by atoms with Crippen molar-refractivity contribution < 1.29 is 0 Å². The van der Waals surface area contributed by atoms with Gasteiger partial charge in [0.2, 0.25) is 0 Å². The minimum Gasteiger partial charge on any atom is -0.394 e. The maximum absolute atomic E-state index is 6.36. The number of nitrogens with zero attached hydrogens (tertiary/aromatic N) is 3. The summed E-state index contributed by atoms with van der Waals surface area (Å²) in [5, 5.41) is 6.80. The molecule has 0 saturated heterocycles. The third kappa shape index (κ3) is 2.00. The predicted octanol–water partition coefficient (Wildman–Crippen LogP) is 3.14. The quantitative estimate of drug-likeness (QED) is 0.944. The maximum atomic E-state index is 6.36. The minimum absolute atomic E-state index is 0.372. The largest absolute Gasteiger partial charge is 0.394 e. The first-order chi connectivity index (χ1) is 9.63. The predicted molar refractivity (Wildman–Crippen MR) is 85.4 cm³/mol. The van der Waals surface area contributed by atoms with E-state index in [4.69, 9.17) is 5.73 Å². The molecule has 1 unspecified atom stereocenters. The van der Waals surface area contributed by atoms with E-state index in [1.165, 1.54) is 10.4 Å². The van der Waals surface area contributed by atoms with Crippen molar-refractivity contribution in [3.63, 3.8) is 0 Å². The first kappa shape index (κ1) is 13.5. The molecule has 1 aliphatic rings. The van der Waals surface area contributed by atoms with E-state index in [-0.39, 0.29) is 0 Å². The Labute approximate surface area is 124 Å². The molecule has 3 heterocycles. The molecular formula is C15H22N4S. The van der Waals surface area contributed by atoms with Crippen LogP contribution in [-0.2, 0) is 19.9 Å². The smallest absolute Gasteiger partial charge is 0.150 e. The lowest BCUT2D eigenvalue weighted by Gasteiger charge is -2.35. The van der Waals surface area contributed by atoms with Crippen molar-refractivity contribution >= 4 is 22.8 Å². The number of rotatable bonds is 3. The van der Waals surface area contributed by atoms with Crippen LogP contribution in [0.2, 0.25) is 0 Å². The zero-order chi connectivity index (χ0) is 14.3. The standard InChI is InChI=1S/C15H22N4S/c1-4-5-12-14(16)15(18(3)17-12)19-8-6-13-11(10(19)2)7-9-20-13/h7,9-10H,4-6,8,16H2,1-3H3. The average molecular weight is 290 g/mol. The average Bonchev–Trinajstić information content (AvgIpc) is 2.99. The van der Waals surface area contributed by atoms with Crippen LogP contribution in [0.4, 0.5) is 11.5 Å². The number of hydrogen-bond donors (Lipinski definition) is 1. The highest BCUT2D eigenvalue weighted by Gasteiger charge is 2.29. The lowest BCUT2D eigenvalue weighted by atomic mass is 10.0. The Morgan fingerprint density at radius 2 is 2.30 bits per heavy atom. The van der Waals surface area contributed by atoms with Gasteiger partial charge in [-0.05, 0) is 36.8 Å². The molecule has 2 aromatic rings. The molecule has 0 radical (unpaired) electrons. The van der Waals surface area contributed by atoms with Crippen molar-refractivity contribution in [2.45, 2.75) is 39.2 Å². The Kier molecular flexibility index (Phi) is 3.46. The molecule has 0 bridgehead atoms. The lowest BCUT2D eigenvalue weighted by molar-refractivity contribution is 0.599. The van der Waals surface area contributed by atoms with Gasteiger partial charge in [-0.1, -0.05) is 13.3 Å². The van der Waals surface area contributed by atoms with Crippen LogP contribution < -0.4 is 10.6 Å². The summed E-state index contributed by atoms with van der Waals surface area (Å²) >= 11 is 1.87. The van der Waals surface area contributed by atoms with Crippen molar-refractivity contribution in [2.24, 2.45) is 7.05 Å². The number of aryl methyl sites for hydroxylation is 2. The fourth-order valence-corrected chi connectivity index (χ4v) is 4.11. The second kappa shape index (κ2) is 5.13. The summed E-state index contributed by atoms with van der Waals surface area (Å²) in [6.07, 6.45) is 3.13. The molecule has 0 aliphatic carbocycles. The fraction of sp³-hybridized carbons (Fsp3) is 0.533. The molecule has 108 valence electrons. The summed E-state index contributed by atoms with van der Waals surface area (Å²) in [5.41, 5.74) is 9.70. The Bertz CT molecular complexity index is 613. The molecule has 3 rings (SSSR count). The topological polar surface area (TPSA) is 47.1 Å². The normalized spacial score (nSPS) is 18.4. The van der Waals surface area contributed by atoms with E-state index in [1.807, 2.05) is 23.1 Å². The van der Waals surface area contributed by atoms with Crippen LogP contribution in [0.25, 0.3) is 0 Å². The fourth-order valence-electron chi connectivity index (χ4n) is 3.15. The van der Waals surface area contributed by atoms with Crippen LogP contribution in [0.15, 0.2) is 11.4 Å². The summed E-state index contributed by atoms with van der Waals surface area (Å²) < 4.78 is 1.95. The molecule has 1 aliphatic heterocycles. The molecule has 5 heteroatoms. The van der Waals surface area contributed by atoms with Crippen LogP contribution in [0.3, 0.4) is 0 Å². The number of anilines is 2. The van der Waals surface area contributed by atoms with E-state index in [0.717, 1.165) is 43.0 Å². The van der Waals surface area contributed by atoms with Crippen molar-refractivity contribution in [3.8, 4) is 0 Å². The zero-order valence-electron chi connectivity index (χ0n) is 12.4. The highest BCUT2D eigenvalue weighted by atomic mass is 32.1. The van der Waals surface area contributed by atoms with Crippen LogP contribution >= 0.6 is 11.3 Å². The molecule has 0 aromatic carbocycles. The van der Waals surface area contributed by atoms with Gasteiger partial charge in [0.1, 0.15) is 0 Å². The molecule has 0 amide bonds. The van der Waals surface area contributed by atoms with E-state index in [9.17, 15) is 0 Å². The second-order valence-electron chi connectivity index (χ2n) is 5.48. The van der Waals surface area contributed by atoms with Crippen LogP contribution in [0, 0.1) is 0 Å². The third-order valence-corrected chi connectivity index (χ3v) is 5.16. The highest BCUT2D eigenvalue weighted by molar-refractivity contribution is 7.10. The van der Waals surface area contributed by atoms with Gasteiger partial charge in [-0.3, -0.25) is 4.68 Å². The maximum Gasteiger partial charge on any atom is 0.150 e. The summed E-state index contributed by atoms with van der Waals surface area (Å²) in [6, 6.07) is 2.62. The van der Waals surface area contributed by atoms with Crippen LogP contribution in [0.1, 0.15) is 42.4 Å². The molecule has 20 heavy (non-hydrogen) atoms. The van der Waals surface area contributed by atoms with Crippen molar-refractivity contribution in [1.82, 2.24) is 9.78 Å². The van der Waals surface area contributed by atoms with Gasteiger partial charge in [-0.15, -0.1) is 11.3 Å². The van der Waals surface area contributed by atoms with Gasteiger partial charge in [-0.2, -0.15) is 5.10 Å². The molecule has 2 aromatic heterocycles. The molecule has 4 nitrogen and oxygen atoms in total. The molecule has 0 fully saturated rings. The van der Waals surface area contributed by atoms with E-state index < -0.39 is 0 Å². The van der Waals surface area contributed by atoms with Gasteiger partial charge in [0, 0.05) is 18.5 Å². The van der Waals surface area contributed by atoms with Gasteiger partial charge in [-0.25, -0.2) is 0 Å². The number of aromatic nitrogens is 2. The highest BCUT2D eigenvalue weighted by Crippen LogP contribution is 2.38. The first-order valence-electron chi connectivity index (χ1n) is 7.27. The van der Waals surface area contributed by atoms with Gasteiger partial charge in [0.05, 0.1) is 17.4 Å². The SMILES string of the molecule is CCCc1nn(C)c(N2CCc3sccc3C2C)c1N. The minimum atomic E-state index is 0.372. The van der Waals surface area contributed by atoms with Crippen molar-refractivity contribution in [2.75, 3.05) is 17.2 Å². The molecule has 0 saturated carbocycles. The van der Waals surface area contributed by atoms with Gasteiger partial charge >= 0.3 is 0 Å². The zero-order valence-corrected chi connectivity index (χ0v) is 13.2. The second-order valence-corrected chi connectivity index (χ2v) is 6.48. The molecule has 2 N–H and O–H groups in total. The van der Waals surface area contributed by atoms with Gasteiger partial charge < -0.3 is 10.6 Å². The first-order valence-corrected chi connectivity index (χ1v) is 8.15. The number of fused-ring (bicyclic) bond motifs is 1. The summed E-state index contributed by atoms with van der Waals surface area (Å²) in [7, 11) is 2.00. The Hall–Kier alpha value is -1.49. The molecular weight excluding hydrogens is 268 g/mol. The van der Waals surface area contributed by atoms with Gasteiger partial charge in [0.25, 0.3) is 0 Å². The number of hydrogen-bond acceptors (Lipinski definition) is 4.